The Balaban J connectivity index is 1.97. The fourth-order valence-corrected chi connectivity index (χ4v) is 3.28. The number of carboxylic acid groups (broad SMARTS) is 1. The van der Waals surface area contributed by atoms with Crippen LogP contribution >= 0.6 is 11.9 Å². The van der Waals surface area contributed by atoms with E-state index in [0.717, 1.165) is 24.1 Å². The predicted octanol–water partition coefficient (Wildman–Crippen LogP) is 5.79. The lowest BCUT2D eigenvalue weighted by molar-refractivity contribution is -0.137. The Morgan fingerprint density at radius 2 is 1.96 bits per heavy atom. The van der Waals surface area contributed by atoms with E-state index < -0.39 is 17.7 Å². The number of alkyl halides is 3. The molecule has 0 unspecified atom stereocenters. The number of anilines is 1. The summed E-state index contributed by atoms with van der Waals surface area (Å²) in [6.45, 7) is 0. The summed E-state index contributed by atoms with van der Waals surface area (Å²) in [6, 6.07) is 10.7. The largest absolute Gasteiger partial charge is 0.496 e. The van der Waals surface area contributed by atoms with Gasteiger partial charge in [0.05, 0.1) is 35.1 Å². The smallest absolute Gasteiger partial charge is 0.416 e. The van der Waals surface area contributed by atoms with Crippen LogP contribution in [0.1, 0.15) is 15.9 Å². The zero-order valence-corrected chi connectivity index (χ0v) is 15.2. The van der Waals surface area contributed by atoms with E-state index >= 15 is 0 Å². The fraction of sp³-hybridized carbons (Fsp3) is 0.105. The number of nitrogens with one attached hydrogen (secondary N) is 1. The second-order valence-corrected chi connectivity index (χ2v) is 6.46. The van der Waals surface area contributed by atoms with Gasteiger partial charge in [0.1, 0.15) is 11.5 Å². The van der Waals surface area contributed by atoms with Crippen LogP contribution in [0.3, 0.4) is 0 Å². The van der Waals surface area contributed by atoms with E-state index in [1.807, 2.05) is 0 Å². The Morgan fingerprint density at radius 3 is 2.57 bits per heavy atom. The molecule has 0 saturated carbocycles. The quantitative estimate of drug-likeness (QED) is 0.502. The monoisotopic (exact) mass is 409 g/mol. The highest BCUT2D eigenvalue weighted by Crippen LogP contribution is 2.39. The minimum Gasteiger partial charge on any atom is -0.496 e. The molecule has 9 heteroatoms. The first-order chi connectivity index (χ1) is 13.3. The molecule has 146 valence electrons. The van der Waals surface area contributed by atoms with Crippen LogP contribution in [0.4, 0.5) is 18.9 Å². The molecule has 3 aromatic rings. The third-order valence-electron chi connectivity index (χ3n) is 3.82. The number of aromatic carboxylic acids is 1. The summed E-state index contributed by atoms with van der Waals surface area (Å²) in [4.78, 5) is 11.6. The van der Waals surface area contributed by atoms with E-state index in [2.05, 4.69) is 4.72 Å². The van der Waals surface area contributed by atoms with Crippen molar-refractivity contribution in [3.63, 3.8) is 0 Å². The van der Waals surface area contributed by atoms with Crippen molar-refractivity contribution < 1.29 is 32.2 Å². The molecule has 0 amide bonds. The molecule has 0 radical (unpaired) electrons. The van der Waals surface area contributed by atoms with Gasteiger partial charge in [-0.1, -0.05) is 0 Å². The van der Waals surface area contributed by atoms with Crippen molar-refractivity contribution in [2.75, 3.05) is 11.8 Å². The van der Waals surface area contributed by atoms with Crippen LogP contribution in [0.15, 0.2) is 64.1 Å². The summed E-state index contributed by atoms with van der Waals surface area (Å²) in [5, 5.41) is 9.15. The molecular formula is C19H14F3NO4S. The SMILES string of the molecule is COc1ccc(C(=O)O)cc1SNc1cc(C(F)(F)F)ccc1-c1ccco1. The van der Waals surface area contributed by atoms with Crippen LogP contribution in [0.25, 0.3) is 11.3 Å². The molecule has 0 spiro atoms. The zero-order valence-electron chi connectivity index (χ0n) is 14.4. The molecule has 2 aromatic carbocycles. The van der Waals surface area contributed by atoms with Crippen molar-refractivity contribution in [2.24, 2.45) is 0 Å². The van der Waals surface area contributed by atoms with Crippen molar-refractivity contribution in [1.82, 2.24) is 0 Å². The third-order valence-corrected chi connectivity index (χ3v) is 4.68. The van der Waals surface area contributed by atoms with E-state index in [1.165, 1.54) is 37.6 Å². The van der Waals surface area contributed by atoms with Crippen LogP contribution in [0.5, 0.6) is 5.75 Å². The number of carboxylic acids is 1. The lowest BCUT2D eigenvalue weighted by atomic mass is 10.1. The number of carbonyl (C=O) groups is 1. The first kappa shape index (κ1) is 19.7. The van der Waals surface area contributed by atoms with Crippen molar-refractivity contribution in [2.45, 2.75) is 11.1 Å². The summed E-state index contributed by atoms with van der Waals surface area (Å²) >= 11 is 0.940. The second-order valence-electron chi connectivity index (χ2n) is 5.61. The Kier molecular flexibility index (Phi) is 5.55. The summed E-state index contributed by atoms with van der Waals surface area (Å²) in [5.74, 6) is -0.350. The molecule has 0 aliphatic rings. The molecule has 5 nitrogen and oxygen atoms in total. The van der Waals surface area contributed by atoms with Gasteiger partial charge in [-0.05, 0) is 60.5 Å². The van der Waals surface area contributed by atoms with Gasteiger partial charge in [0, 0.05) is 5.56 Å². The van der Waals surface area contributed by atoms with Gasteiger partial charge in [-0.15, -0.1) is 0 Å². The molecule has 1 aromatic heterocycles. The highest BCUT2D eigenvalue weighted by Gasteiger charge is 2.31. The Morgan fingerprint density at radius 1 is 1.18 bits per heavy atom. The molecule has 2 N–H and O–H groups in total. The average molecular weight is 409 g/mol. The lowest BCUT2D eigenvalue weighted by Crippen LogP contribution is -2.06. The maximum Gasteiger partial charge on any atom is 0.416 e. The number of hydrogen-bond acceptors (Lipinski definition) is 5. The Bertz CT molecular complexity index is 987. The molecule has 0 aliphatic carbocycles. The number of methoxy groups -OCH3 is 1. The summed E-state index contributed by atoms with van der Waals surface area (Å²) in [7, 11) is 1.42. The molecule has 0 saturated heterocycles. The van der Waals surface area contributed by atoms with E-state index in [9.17, 15) is 18.0 Å². The molecule has 3 rings (SSSR count). The predicted molar refractivity (Wildman–Crippen MR) is 98.6 cm³/mol. The van der Waals surface area contributed by atoms with Crippen LogP contribution in [0, 0.1) is 0 Å². The summed E-state index contributed by atoms with van der Waals surface area (Å²) in [5.41, 5.74) is -0.200. The van der Waals surface area contributed by atoms with E-state index in [4.69, 9.17) is 14.3 Å². The van der Waals surface area contributed by atoms with Gasteiger partial charge in [-0.3, -0.25) is 0 Å². The molecule has 1 heterocycles. The van der Waals surface area contributed by atoms with Gasteiger partial charge in [0.15, 0.2) is 0 Å². The summed E-state index contributed by atoms with van der Waals surface area (Å²) < 4.78 is 52.7. The van der Waals surface area contributed by atoms with E-state index in [-0.39, 0.29) is 11.3 Å². The molecular weight excluding hydrogens is 395 g/mol. The number of ether oxygens (including phenoxy) is 1. The highest BCUT2D eigenvalue weighted by molar-refractivity contribution is 8.00. The van der Waals surface area contributed by atoms with Gasteiger partial charge < -0.3 is 19.0 Å². The van der Waals surface area contributed by atoms with Crippen molar-refractivity contribution in [3.8, 4) is 17.1 Å². The van der Waals surface area contributed by atoms with Gasteiger partial charge >= 0.3 is 12.1 Å². The second kappa shape index (κ2) is 7.89. The third kappa shape index (κ3) is 4.25. The maximum absolute atomic E-state index is 13.1. The number of rotatable bonds is 6. The van der Waals surface area contributed by atoms with Gasteiger partial charge in [0.2, 0.25) is 0 Å². The van der Waals surface area contributed by atoms with Gasteiger partial charge in [0.25, 0.3) is 0 Å². The number of furan rings is 1. The van der Waals surface area contributed by atoms with Gasteiger partial charge in [-0.2, -0.15) is 13.2 Å². The normalized spacial score (nSPS) is 11.3. The topological polar surface area (TPSA) is 71.7 Å². The Labute approximate surface area is 162 Å². The van der Waals surface area contributed by atoms with Crippen molar-refractivity contribution in [3.05, 3.63) is 65.9 Å². The summed E-state index contributed by atoms with van der Waals surface area (Å²) in [6.07, 6.45) is -3.09. The minimum atomic E-state index is -4.51. The standard InChI is InChI=1S/C19H14F3NO4S/c1-26-16-7-4-11(18(24)25)9-17(16)28-23-14-10-12(19(20,21)22)5-6-13(14)15-3-2-8-27-15/h2-10,23H,1H3,(H,24,25). The van der Waals surface area contributed by atoms with Gasteiger partial charge in [-0.25, -0.2) is 4.79 Å². The minimum absolute atomic E-state index is 0.0281. The molecule has 0 aliphatic heterocycles. The van der Waals surface area contributed by atoms with Crippen molar-refractivity contribution >= 4 is 23.6 Å². The maximum atomic E-state index is 13.1. The highest BCUT2D eigenvalue weighted by atomic mass is 32.2. The van der Waals surface area contributed by atoms with Crippen LogP contribution in [0.2, 0.25) is 0 Å². The number of hydrogen-bond donors (Lipinski definition) is 2. The number of benzene rings is 2. The molecule has 0 fully saturated rings. The van der Waals surface area contributed by atoms with E-state index in [1.54, 1.807) is 12.1 Å². The number of halogens is 3. The fourth-order valence-electron chi connectivity index (χ4n) is 2.45. The first-order valence-corrected chi connectivity index (χ1v) is 8.70. The zero-order chi connectivity index (χ0) is 20.3. The van der Waals surface area contributed by atoms with Crippen molar-refractivity contribution in [1.29, 1.82) is 0 Å². The van der Waals surface area contributed by atoms with Crippen LogP contribution < -0.4 is 9.46 Å². The first-order valence-electron chi connectivity index (χ1n) is 7.89. The average Bonchev–Trinajstić information content (AvgIpc) is 3.19. The molecule has 28 heavy (non-hydrogen) atoms. The van der Waals surface area contributed by atoms with Crippen LogP contribution in [-0.2, 0) is 6.18 Å². The Hall–Kier alpha value is -3.07. The molecule has 0 atom stereocenters. The molecule has 0 bridgehead atoms. The van der Waals surface area contributed by atoms with Crippen LogP contribution in [-0.4, -0.2) is 18.2 Å². The van der Waals surface area contributed by atoms with E-state index in [0.29, 0.717) is 22.0 Å². The lowest BCUT2D eigenvalue weighted by Gasteiger charge is -2.15.